The molecule has 6 nitrogen and oxygen atoms in total. The van der Waals surface area contributed by atoms with Crippen molar-refractivity contribution in [1.29, 1.82) is 0 Å². The number of nitrogens with zero attached hydrogens (tertiary/aromatic N) is 1. The second-order valence-electron chi connectivity index (χ2n) is 6.88. The van der Waals surface area contributed by atoms with E-state index in [0.717, 1.165) is 5.69 Å². The SMILES string of the molecule is O=C(NCCCC(=O)N1CCC(C(=O)Nc2ccccc2)CC1)c1ccsc1. The number of carbonyl (C=O) groups excluding carboxylic acids is 3. The number of hydrogen-bond acceptors (Lipinski definition) is 4. The van der Waals surface area contributed by atoms with Gasteiger partial charge >= 0.3 is 0 Å². The summed E-state index contributed by atoms with van der Waals surface area (Å²) in [6.07, 6.45) is 2.38. The largest absolute Gasteiger partial charge is 0.352 e. The summed E-state index contributed by atoms with van der Waals surface area (Å²) in [6, 6.07) is 11.2. The molecule has 1 aliphatic heterocycles. The third-order valence-corrected chi connectivity index (χ3v) is 5.58. The summed E-state index contributed by atoms with van der Waals surface area (Å²) in [5, 5.41) is 9.44. The summed E-state index contributed by atoms with van der Waals surface area (Å²) >= 11 is 1.48. The number of para-hydroxylation sites is 1. The maximum atomic E-state index is 12.4. The quantitative estimate of drug-likeness (QED) is 0.702. The zero-order valence-electron chi connectivity index (χ0n) is 15.7. The second kappa shape index (κ2) is 10.0. The van der Waals surface area contributed by atoms with E-state index in [2.05, 4.69) is 10.6 Å². The van der Waals surface area contributed by atoms with E-state index in [-0.39, 0.29) is 23.6 Å². The minimum Gasteiger partial charge on any atom is -0.352 e. The molecule has 0 unspecified atom stereocenters. The van der Waals surface area contributed by atoms with Gasteiger partial charge in [0.15, 0.2) is 0 Å². The Balaban J connectivity index is 1.33. The molecule has 28 heavy (non-hydrogen) atoms. The lowest BCUT2D eigenvalue weighted by Gasteiger charge is -2.31. The highest BCUT2D eigenvalue weighted by atomic mass is 32.1. The van der Waals surface area contributed by atoms with Gasteiger partial charge in [-0.15, -0.1) is 0 Å². The first-order valence-electron chi connectivity index (χ1n) is 9.57. The van der Waals surface area contributed by atoms with Crippen molar-refractivity contribution in [3.63, 3.8) is 0 Å². The van der Waals surface area contributed by atoms with E-state index in [9.17, 15) is 14.4 Å². The van der Waals surface area contributed by atoms with Crippen LogP contribution in [0, 0.1) is 5.92 Å². The van der Waals surface area contributed by atoms with Crippen molar-refractivity contribution in [1.82, 2.24) is 10.2 Å². The highest BCUT2D eigenvalue weighted by molar-refractivity contribution is 7.08. The average molecular weight is 400 g/mol. The van der Waals surface area contributed by atoms with Crippen LogP contribution in [0.5, 0.6) is 0 Å². The summed E-state index contributed by atoms with van der Waals surface area (Å²) < 4.78 is 0. The van der Waals surface area contributed by atoms with Gasteiger partial charge in [-0.25, -0.2) is 0 Å². The Labute approximate surface area is 168 Å². The molecule has 0 saturated carbocycles. The molecular formula is C21H25N3O3S. The molecule has 3 rings (SSSR count). The molecule has 0 radical (unpaired) electrons. The number of benzene rings is 1. The molecule has 1 aromatic carbocycles. The van der Waals surface area contributed by atoms with E-state index in [1.807, 2.05) is 40.6 Å². The van der Waals surface area contributed by atoms with E-state index >= 15 is 0 Å². The molecule has 148 valence electrons. The molecule has 0 atom stereocenters. The molecule has 2 aromatic rings. The predicted molar refractivity (Wildman–Crippen MR) is 110 cm³/mol. The van der Waals surface area contributed by atoms with Crippen molar-refractivity contribution in [3.8, 4) is 0 Å². The van der Waals surface area contributed by atoms with Crippen LogP contribution in [0.4, 0.5) is 5.69 Å². The fourth-order valence-corrected chi connectivity index (χ4v) is 3.89. The van der Waals surface area contributed by atoms with Crippen LogP contribution in [0.25, 0.3) is 0 Å². The summed E-state index contributed by atoms with van der Waals surface area (Å²) in [4.78, 5) is 38.4. The topological polar surface area (TPSA) is 78.5 Å². The number of piperidine rings is 1. The first-order chi connectivity index (χ1) is 13.6. The van der Waals surface area contributed by atoms with Crippen LogP contribution in [0.1, 0.15) is 36.0 Å². The zero-order valence-corrected chi connectivity index (χ0v) is 16.5. The van der Waals surface area contributed by atoms with Crippen LogP contribution in [-0.2, 0) is 9.59 Å². The molecular weight excluding hydrogens is 374 g/mol. The maximum Gasteiger partial charge on any atom is 0.252 e. The monoisotopic (exact) mass is 399 g/mol. The van der Waals surface area contributed by atoms with Gasteiger partial charge in [0.05, 0.1) is 0 Å². The molecule has 1 aromatic heterocycles. The number of anilines is 1. The molecule has 2 N–H and O–H groups in total. The van der Waals surface area contributed by atoms with Crippen molar-refractivity contribution >= 4 is 34.7 Å². The van der Waals surface area contributed by atoms with Crippen molar-refractivity contribution in [2.75, 3.05) is 25.0 Å². The first-order valence-corrected chi connectivity index (χ1v) is 10.5. The Morgan fingerprint density at radius 2 is 1.82 bits per heavy atom. The van der Waals surface area contributed by atoms with Crippen molar-refractivity contribution in [3.05, 3.63) is 52.7 Å². The fraction of sp³-hybridized carbons (Fsp3) is 0.381. The van der Waals surface area contributed by atoms with Gasteiger partial charge in [-0.1, -0.05) is 18.2 Å². The minimum absolute atomic E-state index is 0.0226. The Morgan fingerprint density at radius 1 is 1.07 bits per heavy atom. The maximum absolute atomic E-state index is 12.4. The van der Waals surface area contributed by atoms with Gasteiger partial charge in [-0.05, 0) is 42.8 Å². The lowest BCUT2D eigenvalue weighted by molar-refractivity contribution is -0.134. The predicted octanol–water partition coefficient (Wildman–Crippen LogP) is 3.14. The van der Waals surface area contributed by atoms with Crippen LogP contribution in [0.15, 0.2) is 47.2 Å². The number of likely N-dealkylation sites (tertiary alicyclic amines) is 1. The Bertz CT molecular complexity index is 784. The average Bonchev–Trinajstić information content (AvgIpc) is 3.27. The summed E-state index contributed by atoms with van der Waals surface area (Å²) in [5.41, 5.74) is 1.46. The Morgan fingerprint density at radius 3 is 2.50 bits per heavy atom. The minimum atomic E-state index is -0.0982. The number of thiophene rings is 1. The molecule has 3 amide bonds. The van der Waals surface area contributed by atoms with Gasteiger partial charge in [-0.2, -0.15) is 11.3 Å². The number of carbonyl (C=O) groups is 3. The Hall–Kier alpha value is -2.67. The van der Waals surface area contributed by atoms with Gasteiger partial charge in [0, 0.05) is 48.6 Å². The number of rotatable bonds is 7. The highest BCUT2D eigenvalue weighted by Crippen LogP contribution is 2.20. The van der Waals surface area contributed by atoms with Crippen LogP contribution in [-0.4, -0.2) is 42.3 Å². The van der Waals surface area contributed by atoms with E-state index in [4.69, 9.17) is 0 Å². The number of nitrogens with one attached hydrogen (secondary N) is 2. The van der Waals surface area contributed by atoms with Crippen LogP contribution in [0.2, 0.25) is 0 Å². The molecule has 0 bridgehead atoms. The molecule has 2 heterocycles. The molecule has 1 fully saturated rings. The third kappa shape index (κ3) is 5.66. The van der Waals surface area contributed by atoms with Crippen LogP contribution >= 0.6 is 11.3 Å². The standard InChI is InChI=1S/C21H25N3O3S/c25-19(7-4-11-22-20(26)17-10-14-28-15-17)24-12-8-16(9-13-24)21(27)23-18-5-2-1-3-6-18/h1-3,5-6,10,14-16H,4,7-9,11-13H2,(H,22,26)(H,23,27). The summed E-state index contributed by atoms with van der Waals surface area (Å²) in [6.45, 7) is 1.69. The lowest BCUT2D eigenvalue weighted by atomic mass is 9.95. The zero-order chi connectivity index (χ0) is 19.8. The fourth-order valence-electron chi connectivity index (χ4n) is 3.25. The normalized spacial score (nSPS) is 14.5. The van der Waals surface area contributed by atoms with Gasteiger partial charge in [0.2, 0.25) is 11.8 Å². The van der Waals surface area contributed by atoms with Crippen LogP contribution < -0.4 is 10.6 Å². The summed E-state index contributed by atoms with van der Waals surface area (Å²) in [7, 11) is 0. The van der Waals surface area contributed by atoms with Crippen LogP contribution in [0.3, 0.4) is 0 Å². The molecule has 0 aliphatic carbocycles. The van der Waals surface area contributed by atoms with Crippen molar-refractivity contribution in [2.45, 2.75) is 25.7 Å². The highest BCUT2D eigenvalue weighted by Gasteiger charge is 2.27. The second-order valence-corrected chi connectivity index (χ2v) is 7.66. The lowest BCUT2D eigenvalue weighted by Crippen LogP contribution is -2.41. The first kappa shape index (κ1) is 20.1. The van der Waals surface area contributed by atoms with Gasteiger partial charge in [-0.3, -0.25) is 14.4 Å². The third-order valence-electron chi connectivity index (χ3n) is 4.90. The number of hydrogen-bond donors (Lipinski definition) is 2. The van der Waals surface area contributed by atoms with Crippen molar-refractivity contribution < 1.29 is 14.4 Å². The van der Waals surface area contributed by atoms with Gasteiger partial charge < -0.3 is 15.5 Å². The number of amides is 3. The van der Waals surface area contributed by atoms with Gasteiger partial charge in [0.25, 0.3) is 5.91 Å². The molecule has 1 aliphatic rings. The summed E-state index contributed by atoms with van der Waals surface area (Å²) in [5.74, 6) is -0.0470. The Kier molecular flexibility index (Phi) is 7.19. The van der Waals surface area contributed by atoms with E-state index in [1.165, 1.54) is 11.3 Å². The van der Waals surface area contributed by atoms with E-state index in [1.54, 1.807) is 11.4 Å². The molecule has 0 spiro atoms. The van der Waals surface area contributed by atoms with E-state index < -0.39 is 0 Å². The van der Waals surface area contributed by atoms with Crippen molar-refractivity contribution in [2.24, 2.45) is 5.92 Å². The van der Waals surface area contributed by atoms with Gasteiger partial charge in [0.1, 0.15) is 0 Å². The molecule has 1 saturated heterocycles. The van der Waals surface area contributed by atoms with E-state index in [0.29, 0.717) is 50.9 Å². The molecule has 7 heteroatoms. The smallest absolute Gasteiger partial charge is 0.252 e.